The number of hydrogen-bond acceptors (Lipinski definition) is 2. The Bertz CT molecular complexity index is 177. The average molecular weight is 155 g/mol. The van der Waals surface area contributed by atoms with Crippen molar-refractivity contribution in [2.75, 3.05) is 7.05 Å². The molecule has 62 valence electrons. The standard InChI is InChI=1S/C8H13NO2/c1-9-8(11)6-3-2-4-7(10)5-6/h2,4,6-7,10H,3,5H2,1H3,(H,9,11)/t6-,7+/m0/s1. The number of hydrogen-bond donors (Lipinski definition) is 2. The molecule has 1 amide bonds. The summed E-state index contributed by atoms with van der Waals surface area (Å²) in [4.78, 5) is 11.1. The van der Waals surface area contributed by atoms with Crippen molar-refractivity contribution in [3.05, 3.63) is 12.2 Å². The van der Waals surface area contributed by atoms with Gasteiger partial charge in [0.05, 0.1) is 6.10 Å². The molecule has 0 radical (unpaired) electrons. The highest BCUT2D eigenvalue weighted by Crippen LogP contribution is 2.18. The van der Waals surface area contributed by atoms with Crippen molar-refractivity contribution in [1.29, 1.82) is 0 Å². The van der Waals surface area contributed by atoms with Crippen molar-refractivity contribution in [1.82, 2.24) is 5.32 Å². The van der Waals surface area contributed by atoms with Crippen LogP contribution in [-0.4, -0.2) is 24.2 Å². The van der Waals surface area contributed by atoms with E-state index in [1.165, 1.54) is 0 Å². The van der Waals surface area contributed by atoms with Crippen LogP contribution in [0.3, 0.4) is 0 Å². The molecule has 0 saturated carbocycles. The van der Waals surface area contributed by atoms with Crippen molar-refractivity contribution in [2.24, 2.45) is 5.92 Å². The van der Waals surface area contributed by atoms with Crippen LogP contribution in [0, 0.1) is 5.92 Å². The van der Waals surface area contributed by atoms with E-state index in [1.807, 2.05) is 6.08 Å². The molecule has 2 atom stereocenters. The summed E-state index contributed by atoms with van der Waals surface area (Å²) in [5.41, 5.74) is 0. The minimum absolute atomic E-state index is 0.0217. The van der Waals surface area contributed by atoms with Gasteiger partial charge < -0.3 is 10.4 Å². The average Bonchev–Trinajstić information content (AvgIpc) is 2.03. The maximum Gasteiger partial charge on any atom is 0.223 e. The normalized spacial score (nSPS) is 30.0. The second-order valence-electron chi connectivity index (χ2n) is 2.78. The summed E-state index contributed by atoms with van der Waals surface area (Å²) in [7, 11) is 1.62. The zero-order chi connectivity index (χ0) is 8.27. The zero-order valence-electron chi connectivity index (χ0n) is 6.58. The SMILES string of the molecule is CNC(=O)[C@H]1CC=C[C@@H](O)C1. The third-order valence-corrected chi connectivity index (χ3v) is 1.92. The van der Waals surface area contributed by atoms with Gasteiger partial charge in [-0.1, -0.05) is 12.2 Å². The number of nitrogens with one attached hydrogen (secondary N) is 1. The topological polar surface area (TPSA) is 49.3 Å². The summed E-state index contributed by atoms with van der Waals surface area (Å²) in [5, 5.41) is 11.7. The molecular weight excluding hydrogens is 142 g/mol. The molecule has 1 aliphatic carbocycles. The molecule has 0 aromatic rings. The summed E-state index contributed by atoms with van der Waals surface area (Å²) >= 11 is 0. The van der Waals surface area contributed by atoms with E-state index in [1.54, 1.807) is 13.1 Å². The highest BCUT2D eigenvalue weighted by Gasteiger charge is 2.21. The summed E-state index contributed by atoms with van der Waals surface area (Å²) < 4.78 is 0. The molecule has 1 aliphatic rings. The fraction of sp³-hybridized carbons (Fsp3) is 0.625. The molecule has 1 rings (SSSR count). The van der Waals surface area contributed by atoms with Crippen LogP contribution in [0.1, 0.15) is 12.8 Å². The molecule has 0 heterocycles. The molecule has 0 fully saturated rings. The van der Waals surface area contributed by atoms with Gasteiger partial charge in [0.25, 0.3) is 0 Å². The molecule has 0 aliphatic heterocycles. The van der Waals surface area contributed by atoms with Crippen molar-refractivity contribution >= 4 is 5.91 Å². The minimum Gasteiger partial charge on any atom is -0.389 e. The lowest BCUT2D eigenvalue weighted by atomic mass is 9.92. The Kier molecular flexibility index (Phi) is 2.65. The van der Waals surface area contributed by atoms with Gasteiger partial charge in [-0.05, 0) is 12.8 Å². The molecule has 0 aromatic heterocycles. The van der Waals surface area contributed by atoms with Crippen LogP contribution in [0.5, 0.6) is 0 Å². The first-order valence-electron chi connectivity index (χ1n) is 3.80. The van der Waals surface area contributed by atoms with Gasteiger partial charge in [-0.25, -0.2) is 0 Å². The second kappa shape index (κ2) is 3.53. The van der Waals surface area contributed by atoms with Crippen LogP contribution in [0.4, 0.5) is 0 Å². The third-order valence-electron chi connectivity index (χ3n) is 1.92. The van der Waals surface area contributed by atoms with Gasteiger partial charge >= 0.3 is 0 Å². The fourth-order valence-electron chi connectivity index (χ4n) is 1.28. The van der Waals surface area contributed by atoms with E-state index in [9.17, 15) is 4.79 Å². The first-order chi connectivity index (χ1) is 5.24. The molecule has 11 heavy (non-hydrogen) atoms. The first kappa shape index (κ1) is 8.27. The Hall–Kier alpha value is -0.830. The number of rotatable bonds is 1. The maximum atomic E-state index is 11.1. The molecule has 3 heteroatoms. The van der Waals surface area contributed by atoms with Gasteiger partial charge in [-0.15, -0.1) is 0 Å². The molecule has 2 N–H and O–H groups in total. The van der Waals surface area contributed by atoms with Gasteiger partial charge in [0, 0.05) is 13.0 Å². The van der Waals surface area contributed by atoms with Crippen molar-refractivity contribution in [3.8, 4) is 0 Å². The largest absolute Gasteiger partial charge is 0.389 e. The van der Waals surface area contributed by atoms with Crippen LogP contribution in [0.2, 0.25) is 0 Å². The van der Waals surface area contributed by atoms with E-state index < -0.39 is 6.10 Å². The molecule has 0 unspecified atom stereocenters. The van der Waals surface area contributed by atoms with Crippen molar-refractivity contribution < 1.29 is 9.90 Å². The lowest BCUT2D eigenvalue weighted by Gasteiger charge is -2.19. The monoisotopic (exact) mass is 155 g/mol. The van der Waals surface area contributed by atoms with Crippen LogP contribution < -0.4 is 5.32 Å². The molecule has 0 saturated heterocycles. The Morgan fingerprint density at radius 2 is 2.45 bits per heavy atom. The third kappa shape index (κ3) is 2.05. The van der Waals surface area contributed by atoms with E-state index in [-0.39, 0.29) is 11.8 Å². The zero-order valence-corrected chi connectivity index (χ0v) is 6.58. The van der Waals surface area contributed by atoms with E-state index in [0.29, 0.717) is 6.42 Å². The Morgan fingerprint density at radius 3 is 3.00 bits per heavy atom. The van der Waals surface area contributed by atoms with Gasteiger partial charge in [0.2, 0.25) is 5.91 Å². The van der Waals surface area contributed by atoms with Crippen LogP contribution in [0.25, 0.3) is 0 Å². The Labute approximate surface area is 66.1 Å². The number of aliphatic hydroxyl groups is 1. The number of aliphatic hydroxyl groups excluding tert-OH is 1. The summed E-state index contributed by atoms with van der Waals surface area (Å²) in [6.45, 7) is 0. The van der Waals surface area contributed by atoms with E-state index >= 15 is 0 Å². The van der Waals surface area contributed by atoms with Gasteiger partial charge in [0.1, 0.15) is 0 Å². The van der Waals surface area contributed by atoms with Crippen molar-refractivity contribution in [3.63, 3.8) is 0 Å². The van der Waals surface area contributed by atoms with Gasteiger partial charge in [-0.3, -0.25) is 4.79 Å². The highest BCUT2D eigenvalue weighted by atomic mass is 16.3. The van der Waals surface area contributed by atoms with E-state index in [2.05, 4.69) is 5.32 Å². The van der Waals surface area contributed by atoms with Crippen LogP contribution in [0.15, 0.2) is 12.2 Å². The number of carbonyl (C=O) groups is 1. The maximum absolute atomic E-state index is 11.1. The van der Waals surface area contributed by atoms with Crippen LogP contribution in [-0.2, 0) is 4.79 Å². The van der Waals surface area contributed by atoms with E-state index in [4.69, 9.17) is 5.11 Å². The van der Waals surface area contributed by atoms with E-state index in [0.717, 1.165) is 6.42 Å². The number of carbonyl (C=O) groups excluding carboxylic acids is 1. The smallest absolute Gasteiger partial charge is 0.223 e. The predicted molar refractivity (Wildman–Crippen MR) is 41.9 cm³/mol. The lowest BCUT2D eigenvalue weighted by Crippen LogP contribution is -2.31. The number of amides is 1. The first-order valence-corrected chi connectivity index (χ1v) is 3.80. The molecular formula is C8H13NO2. The summed E-state index contributed by atoms with van der Waals surface area (Å²) in [6.07, 6.45) is 4.45. The van der Waals surface area contributed by atoms with Crippen molar-refractivity contribution in [2.45, 2.75) is 18.9 Å². The summed E-state index contributed by atoms with van der Waals surface area (Å²) in [6, 6.07) is 0. The molecule has 0 aromatic carbocycles. The summed E-state index contributed by atoms with van der Waals surface area (Å²) in [5.74, 6) is -0.0200. The van der Waals surface area contributed by atoms with Gasteiger partial charge in [-0.2, -0.15) is 0 Å². The van der Waals surface area contributed by atoms with Gasteiger partial charge in [0.15, 0.2) is 0 Å². The highest BCUT2D eigenvalue weighted by molar-refractivity contribution is 5.78. The quantitative estimate of drug-likeness (QED) is 0.526. The fourth-order valence-corrected chi connectivity index (χ4v) is 1.28. The Morgan fingerprint density at radius 1 is 1.73 bits per heavy atom. The molecule has 0 spiro atoms. The second-order valence-corrected chi connectivity index (χ2v) is 2.78. The molecule has 0 bridgehead atoms. The Balaban J connectivity index is 2.49. The number of allylic oxidation sites excluding steroid dienone is 1. The van der Waals surface area contributed by atoms with Crippen LogP contribution >= 0.6 is 0 Å². The molecule has 3 nitrogen and oxygen atoms in total. The minimum atomic E-state index is -0.439. The lowest BCUT2D eigenvalue weighted by molar-refractivity contribution is -0.125. The predicted octanol–water partition coefficient (Wildman–Crippen LogP) is 0.0595.